The number of benzene rings is 2. The number of hydrogen-bond donors (Lipinski definition) is 0. The maximum Gasteiger partial charge on any atom is 0.174 e. The van der Waals surface area contributed by atoms with Crippen molar-refractivity contribution < 1.29 is 13.9 Å². The lowest BCUT2D eigenvalue weighted by Gasteiger charge is -2.12. The Balaban J connectivity index is 2.50. The molecule has 2 aromatic carbocycles. The second-order valence-electron chi connectivity index (χ2n) is 4.65. The molecule has 0 aliphatic carbocycles. The molecular weight excluding hydrogens is 361 g/mol. The van der Waals surface area contributed by atoms with E-state index in [0.29, 0.717) is 33.7 Å². The summed E-state index contributed by atoms with van der Waals surface area (Å²) < 4.78 is 24.9. The fourth-order valence-electron chi connectivity index (χ4n) is 2.14. The van der Waals surface area contributed by atoms with E-state index in [9.17, 15) is 9.65 Å². The van der Waals surface area contributed by atoms with Gasteiger partial charge in [0.15, 0.2) is 11.5 Å². The number of halogens is 2. The zero-order valence-electron chi connectivity index (χ0n) is 12.8. The largest absolute Gasteiger partial charge is 0.492 e. The van der Waals surface area contributed by atoms with E-state index < -0.39 is 0 Å². The second kappa shape index (κ2) is 7.80. The van der Waals surface area contributed by atoms with Crippen molar-refractivity contribution in [1.29, 1.82) is 5.26 Å². The molecule has 0 aromatic heterocycles. The number of ether oxygens (including phenoxy) is 2. The molecule has 0 spiro atoms. The molecule has 2 aromatic rings. The normalized spacial score (nSPS) is 11.0. The maximum atomic E-state index is 13.3. The molecule has 3 nitrogen and oxygen atoms in total. The molecule has 0 N–H and O–H groups in total. The highest BCUT2D eigenvalue weighted by molar-refractivity contribution is 9.10. The van der Waals surface area contributed by atoms with Gasteiger partial charge in [0, 0.05) is 0 Å². The third-order valence-corrected chi connectivity index (χ3v) is 3.69. The molecule has 0 amide bonds. The van der Waals surface area contributed by atoms with Crippen LogP contribution in [0.2, 0.25) is 0 Å². The zero-order chi connectivity index (χ0) is 16.8. The summed E-state index contributed by atoms with van der Waals surface area (Å²) in [5, 5.41) is 9.37. The average Bonchev–Trinajstić information content (AvgIpc) is 2.53. The number of methoxy groups -OCH3 is 1. The SMILES string of the molecule is CCOc1cc(/C=C(/C#N)c2cccc(F)c2)cc(Br)c1OC. The van der Waals surface area contributed by atoms with Crippen molar-refractivity contribution in [2.24, 2.45) is 0 Å². The highest BCUT2D eigenvalue weighted by atomic mass is 79.9. The number of rotatable bonds is 5. The fraction of sp³-hybridized carbons (Fsp3) is 0.167. The lowest BCUT2D eigenvalue weighted by molar-refractivity contribution is 0.310. The molecule has 5 heteroatoms. The minimum atomic E-state index is -0.380. The van der Waals surface area contributed by atoms with Crippen molar-refractivity contribution in [1.82, 2.24) is 0 Å². The zero-order valence-corrected chi connectivity index (χ0v) is 14.4. The van der Waals surface area contributed by atoms with Crippen LogP contribution in [0.5, 0.6) is 11.5 Å². The molecule has 0 unspecified atom stereocenters. The summed E-state index contributed by atoms with van der Waals surface area (Å²) in [6, 6.07) is 11.6. The van der Waals surface area contributed by atoms with Crippen LogP contribution >= 0.6 is 15.9 Å². The van der Waals surface area contributed by atoms with Gasteiger partial charge in [0.1, 0.15) is 5.82 Å². The van der Waals surface area contributed by atoms with E-state index in [4.69, 9.17) is 9.47 Å². The van der Waals surface area contributed by atoms with Crippen LogP contribution in [0.25, 0.3) is 11.6 Å². The topological polar surface area (TPSA) is 42.2 Å². The van der Waals surface area contributed by atoms with Gasteiger partial charge in [-0.3, -0.25) is 0 Å². The quantitative estimate of drug-likeness (QED) is 0.541. The Hall–Kier alpha value is -2.32. The highest BCUT2D eigenvalue weighted by Crippen LogP contribution is 2.37. The van der Waals surface area contributed by atoms with E-state index >= 15 is 0 Å². The van der Waals surface area contributed by atoms with Gasteiger partial charge >= 0.3 is 0 Å². The first-order valence-corrected chi connectivity index (χ1v) is 7.76. The second-order valence-corrected chi connectivity index (χ2v) is 5.50. The monoisotopic (exact) mass is 375 g/mol. The molecule has 2 rings (SSSR count). The summed E-state index contributed by atoms with van der Waals surface area (Å²) in [5.74, 6) is 0.787. The molecule has 0 heterocycles. The first-order chi connectivity index (χ1) is 11.1. The maximum absolute atomic E-state index is 13.3. The van der Waals surface area contributed by atoms with Gasteiger partial charge in [-0.2, -0.15) is 5.26 Å². The Morgan fingerprint density at radius 1 is 1.35 bits per heavy atom. The molecule has 0 aliphatic heterocycles. The third kappa shape index (κ3) is 4.11. The Labute approximate surface area is 143 Å². The number of nitrogens with zero attached hydrogens (tertiary/aromatic N) is 1. The van der Waals surface area contributed by atoms with Gasteiger partial charge in [0.2, 0.25) is 0 Å². The van der Waals surface area contributed by atoms with Crippen LogP contribution in [0.1, 0.15) is 18.1 Å². The summed E-state index contributed by atoms with van der Waals surface area (Å²) in [6.45, 7) is 2.37. The van der Waals surface area contributed by atoms with Gasteiger partial charge in [-0.1, -0.05) is 12.1 Å². The van der Waals surface area contributed by atoms with Crippen molar-refractivity contribution in [2.75, 3.05) is 13.7 Å². The van der Waals surface area contributed by atoms with E-state index in [1.165, 1.54) is 12.1 Å². The molecule has 0 radical (unpaired) electrons. The van der Waals surface area contributed by atoms with E-state index in [2.05, 4.69) is 22.0 Å². The van der Waals surface area contributed by atoms with Crippen molar-refractivity contribution in [2.45, 2.75) is 6.92 Å². The third-order valence-electron chi connectivity index (χ3n) is 3.10. The van der Waals surface area contributed by atoms with Crippen LogP contribution in [0, 0.1) is 17.1 Å². The summed E-state index contributed by atoms with van der Waals surface area (Å²) in [7, 11) is 1.56. The highest BCUT2D eigenvalue weighted by Gasteiger charge is 2.11. The van der Waals surface area contributed by atoms with Gasteiger partial charge in [-0.05, 0) is 64.3 Å². The smallest absolute Gasteiger partial charge is 0.174 e. The first kappa shape index (κ1) is 17.0. The predicted octanol–water partition coefficient (Wildman–Crippen LogP) is 5.06. The molecule has 118 valence electrons. The Kier molecular flexibility index (Phi) is 5.78. The van der Waals surface area contributed by atoms with Crippen molar-refractivity contribution >= 4 is 27.6 Å². The van der Waals surface area contributed by atoms with Gasteiger partial charge < -0.3 is 9.47 Å². The van der Waals surface area contributed by atoms with Crippen LogP contribution in [-0.4, -0.2) is 13.7 Å². The molecule has 0 fully saturated rings. The Bertz CT molecular complexity index is 781. The van der Waals surface area contributed by atoms with Gasteiger partial charge in [0.25, 0.3) is 0 Å². The van der Waals surface area contributed by atoms with Crippen LogP contribution < -0.4 is 9.47 Å². The lowest BCUT2D eigenvalue weighted by Crippen LogP contribution is -1.96. The van der Waals surface area contributed by atoms with Gasteiger partial charge in [-0.15, -0.1) is 0 Å². The molecule has 23 heavy (non-hydrogen) atoms. The minimum Gasteiger partial charge on any atom is -0.492 e. The fourth-order valence-corrected chi connectivity index (χ4v) is 2.76. The standard InChI is InChI=1S/C18H15BrFNO2/c1-3-23-17-9-12(8-16(19)18(17)22-2)7-14(11-21)13-5-4-6-15(20)10-13/h4-10H,3H2,1-2H3/b14-7-. The number of nitriles is 1. The lowest BCUT2D eigenvalue weighted by atomic mass is 10.0. The average molecular weight is 376 g/mol. The molecule has 0 aliphatic rings. The first-order valence-electron chi connectivity index (χ1n) is 6.97. The molecule has 0 atom stereocenters. The van der Waals surface area contributed by atoms with E-state index in [1.807, 2.05) is 13.0 Å². The minimum absolute atomic E-state index is 0.365. The summed E-state index contributed by atoms with van der Waals surface area (Å²) >= 11 is 3.43. The van der Waals surface area contributed by atoms with Crippen LogP contribution in [0.15, 0.2) is 40.9 Å². The van der Waals surface area contributed by atoms with Crippen LogP contribution in [0.4, 0.5) is 4.39 Å². The van der Waals surface area contributed by atoms with Crippen molar-refractivity contribution in [3.05, 3.63) is 57.8 Å². The number of hydrogen-bond acceptors (Lipinski definition) is 3. The van der Waals surface area contributed by atoms with Crippen LogP contribution in [-0.2, 0) is 0 Å². The van der Waals surface area contributed by atoms with E-state index in [1.54, 1.807) is 31.4 Å². The van der Waals surface area contributed by atoms with E-state index in [-0.39, 0.29) is 5.82 Å². The Morgan fingerprint density at radius 2 is 2.13 bits per heavy atom. The van der Waals surface area contributed by atoms with Gasteiger partial charge in [0.05, 0.1) is 29.8 Å². The molecule has 0 saturated heterocycles. The Morgan fingerprint density at radius 3 is 2.74 bits per heavy atom. The van der Waals surface area contributed by atoms with Crippen molar-refractivity contribution in [3.8, 4) is 17.6 Å². The summed E-state index contributed by atoms with van der Waals surface area (Å²) in [6.07, 6.45) is 1.68. The van der Waals surface area contributed by atoms with E-state index in [0.717, 1.165) is 5.56 Å². The number of allylic oxidation sites excluding steroid dienone is 1. The summed E-state index contributed by atoms with van der Waals surface area (Å²) in [4.78, 5) is 0. The molecule has 0 bridgehead atoms. The van der Waals surface area contributed by atoms with Gasteiger partial charge in [-0.25, -0.2) is 4.39 Å². The van der Waals surface area contributed by atoms with Crippen molar-refractivity contribution in [3.63, 3.8) is 0 Å². The summed E-state index contributed by atoms with van der Waals surface area (Å²) in [5.41, 5.74) is 1.64. The molecule has 0 saturated carbocycles. The molecular formula is C18H15BrFNO2. The predicted molar refractivity (Wildman–Crippen MR) is 91.7 cm³/mol. The van der Waals surface area contributed by atoms with Crippen LogP contribution in [0.3, 0.4) is 0 Å².